The van der Waals surface area contributed by atoms with Crippen molar-refractivity contribution in [2.45, 2.75) is 92.9 Å². The first kappa shape index (κ1) is 25.2. The molecule has 0 aromatic carbocycles. The number of Topliss-reactive ketones (excluding diaryl/α,β-unsaturated/α-hetero) is 2. The minimum absolute atomic E-state index is 0.00348. The van der Waals surface area contributed by atoms with Crippen LogP contribution in [0.3, 0.4) is 0 Å². The molecule has 4 heteroatoms. The number of hydrogen-bond acceptors (Lipinski definition) is 3. The van der Waals surface area contributed by atoms with Gasteiger partial charge >= 0.3 is 0 Å². The van der Waals surface area contributed by atoms with Crippen LogP contribution in [-0.4, -0.2) is 25.3 Å². The number of methoxy groups -OCH3 is 1. The lowest BCUT2D eigenvalue weighted by molar-refractivity contribution is -0.224. The topological polar surface area (TPSA) is 47.7 Å². The number of hydrogen-bond donors (Lipinski definition) is 0. The van der Waals surface area contributed by atoms with Crippen molar-refractivity contribution in [2.24, 2.45) is 56.7 Å². The number of fused-ring (bicyclic) bond motifs is 7. The maximum Gasteiger partial charge on any atom is 0.226 e. The second kappa shape index (κ2) is 7.77. The highest BCUT2D eigenvalue weighted by Gasteiger charge is 2.71. The summed E-state index contributed by atoms with van der Waals surface area (Å²) in [5.74, 6) is 1.17. The SMILES string of the molecule is [C-]#[N+]C1=C[C@]2(C)[C@H]3CC(=O)[C@@H]4[C@@H]5CC(C)(C)CC[C@]5(COC)CC[C@@]4(C)[C@]3(C)CC[C@H]2[C@H](C)C1=O. The van der Waals surface area contributed by atoms with Gasteiger partial charge in [-0.05, 0) is 89.8 Å². The Kier molecular flexibility index (Phi) is 5.59. The highest BCUT2D eigenvalue weighted by molar-refractivity contribution is 6.00. The summed E-state index contributed by atoms with van der Waals surface area (Å²) in [4.78, 5) is 30.9. The Morgan fingerprint density at radius 1 is 1.00 bits per heavy atom. The molecule has 5 rings (SSSR count). The summed E-state index contributed by atoms with van der Waals surface area (Å²) < 4.78 is 5.84. The smallest absolute Gasteiger partial charge is 0.226 e. The number of allylic oxidation sites excluding steroid dienone is 2. The molecule has 0 aromatic rings. The average molecular weight is 480 g/mol. The molecule has 0 unspecified atom stereocenters. The lowest BCUT2D eigenvalue weighted by atomic mass is 9.32. The Balaban J connectivity index is 1.61. The highest BCUT2D eigenvalue weighted by atomic mass is 16.5. The van der Waals surface area contributed by atoms with Gasteiger partial charge in [0.05, 0.1) is 13.2 Å². The summed E-state index contributed by atoms with van der Waals surface area (Å²) in [6.07, 6.45) is 10.4. The van der Waals surface area contributed by atoms with Gasteiger partial charge in [0, 0.05) is 25.4 Å². The summed E-state index contributed by atoms with van der Waals surface area (Å²) in [5.41, 5.74) is 0.355. The Bertz CT molecular complexity index is 1020. The van der Waals surface area contributed by atoms with Gasteiger partial charge in [-0.15, -0.1) is 0 Å². The lowest BCUT2D eigenvalue weighted by Crippen LogP contribution is -2.68. The molecule has 0 N–H and O–H groups in total. The van der Waals surface area contributed by atoms with E-state index in [2.05, 4.69) is 39.5 Å². The van der Waals surface area contributed by atoms with Crippen LogP contribution >= 0.6 is 0 Å². The van der Waals surface area contributed by atoms with Crippen LogP contribution in [-0.2, 0) is 14.3 Å². The number of nitrogens with zero attached hydrogens (tertiary/aromatic N) is 1. The first-order valence-corrected chi connectivity index (χ1v) is 13.9. The number of ether oxygens (including phenoxy) is 1. The standard InChI is InChI=1S/C31H45NO3/c1-19-20-9-10-29(5)24(28(20,4)17-22(32-7)26(19)34)15-23(33)25-21-16-27(2,3)11-13-31(21,18-35-8)14-12-30(25,29)6/h17,19-21,24-25H,9-16,18H2,1-6,8H3/t19-,20-,21-,24+,25-,28-,29+,30+,31+/m0/s1. The van der Waals surface area contributed by atoms with Crippen LogP contribution in [0.15, 0.2) is 11.8 Å². The van der Waals surface area contributed by atoms with Crippen molar-refractivity contribution in [1.82, 2.24) is 0 Å². The Hall–Kier alpha value is -1.47. The second-order valence-electron chi connectivity index (χ2n) is 14.6. The summed E-state index contributed by atoms with van der Waals surface area (Å²) in [5, 5.41) is 0. The zero-order valence-corrected chi connectivity index (χ0v) is 23.0. The predicted molar refractivity (Wildman–Crippen MR) is 137 cm³/mol. The fourth-order valence-corrected chi connectivity index (χ4v) is 10.5. The second-order valence-corrected chi connectivity index (χ2v) is 14.6. The normalized spacial score (nSPS) is 50.7. The van der Waals surface area contributed by atoms with Crippen molar-refractivity contribution in [1.29, 1.82) is 0 Å². The monoisotopic (exact) mass is 479 g/mol. The number of carbonyl (C=O) groups excluding carboxylic acids is 2. The molecular weight excluding hydrogens is 434 g/mol. The molecule has 0 spiro atoms. The number of ketones is 2. The largest absolute Gasteiger partial charge is 0.384 e. The predicted octanol–water partition coefficient (Wildman–Crippen LogP) is 6.90. The van der Waals surface area contributed by atoms with E-state index >= 15 is 0 Å². The lowest BCUT2D eigenvalue weighted by Gasteiger charge is -2.71. The van der Waals surface area contributed by atoms with Gasteiger partial charge in [0.1, 0.15) is 5.78 Å². The number of carbonyl (C=O) groups is 2. The third kappa shape index (κ3) is 3.19. The molecule has 4 fully saturated rings. The van der Waals surface area contributed by atoms with Crippen LogP contribution in [0.2, 0.25) is 0 Å². The number of rotatable bonds is 2. The van der Waals surface area contributed by atoms with E-state index in [1.807, 2.05) is 20.1 Å². The van der Waals surface area contributed by atoms with Gasteiger partial charge in [0.15, 0.2) is 5.78 Å². The van der Waals surface area contributed by atoms with Gasteiger partial charge in [0.25, 0.3) is 0 Å². The molecule has 0 bridgehead atoms. The van der Waals surface area contributed by atoms with Gasteiger partial charge in [-0.25, -0.2) is 4.85 Å². The van der Waals surface area contributed by atoms with Crippen molar-refractivity contribution in [3.63, 3.8) is 0 Å². The quantitative estimate of drug-likeness (QED) is 0.405. The van der Waals surface area contributed by atoms with Gasteiger partial charge in [-0.1, -0.05) is 47.6 Å². The molecule has 5 aliphatic carbocycles. The van der Waals surface area contributed by atoms with Crippen LogP contribution < -0.4 is 0 Å². The average Bonchev–Trinajstić information content (AvgIpc) is 2.79. The zero-order valence-electron chi connectivity index (χ0n) is 23.0. The van der Waals surface area contributed by atoms with Crippen LogP contribution in [0, 0.1) is 63.2 Å². The molecule has 0 radical (unpaired) electrons. The summed E-state index contributed by atoms with van der Waals surface area (Å²) in [6.45, 7) is 22.4. The van der Waals surface area contributed by atoms with E-state index in [1.54, 1.807) is 0 Å². The van der Waals surface area contributed by atoms with Crippen molar-refractivity contribution in [2.75, 3.05) is 13.7 Å². The molecule has 0 amide bonds. The molecule has 0 aliphatic heterocycles. The van der Waals surface area contributed by atoms with Gasteiger partial charge < -0.3 is 9.53 Å². The first-order chi connectivity index (χ1) is 16.3. The van der Waals surface area contributed by atoms with E-state index in [4.69, 9.17) is 11.3 Å². The van der Waals surface area contributed by atoms with Crippen molar-refractivity contribution >= 4 is 11.6 Å². The zero-order chi connectivity index (χ0) is 25.6. The van der Waals surface area contributed by atoms with Gasteiger partial charge in [0.2, 0.25) is 5.70 Å². The minimum atomic E-state index is -0.281. The molecule has 5 aliphatic rings. The highest BCUT2D eigenvalue weighted by Crippen LogP contribution is 2.75. The molecular formula is C31H45NO3. The van der Waals surface area contributed by atoms with E-state index in [9.17, 15) is 9.59 Å². The molecule has 0 saturated heterocycles. The maximum atomic E-state index is 14.4. The van der Waals surface area contributed by atoms with E-state index in [1.165, 1.54) is 6.42 Å². The maximum absolute atomic E-state index is 14.4. The molecule has 192 valence electrons. The molecule has 35 heavy (non-hydrogen) atoms. The molecule has 0 heterocycles. The van der Waals surface area contributed by atoms with E-state index in [0.717, 1.165) is 45.1 Å². The minimum Gasteiger partial charge on any atom is -0.384 e. The van der Waals surface area contributed by atoms with Crippen molar-refractivity contribution in [3.8, 4) is 0 Å². The summed E-state index contributed by atoms with van der Waals surface area (Å²) in [6, 6.07) is 0. The molecule has 4 saturated carbocycles. The summed E-state index contributed by atoms with van der Waals surface area (Å²) >= 11 is 0. The van der Waals surface area contributed by atoms with E-state index < -0.39 is 0 Å². The van der Waals surface area contributed by atoms with Crippen LogP contribution in [0.4, 0.5) is 0 Å². The van der Waals surface area contributed by atoms with Crippen LogP contribution in [0.1, 0.15) is 92.9 Å². The van der Waals surface area contributed by atoms with Gasteiger partial charge in [-0.2, -0.15) is 0 Å². The van der Waals surface area contributed by atoms with E-state index in [-0.39, 0.29) is 56.5 Å². The fourth-order valence-electron chi connectivity index (χ4n) is 10.5. The molecule has 9 atom stereocenters. The first-order valence-electron chi connectivity index (χ1n) is 13.9. The van der Waals surface area contributed by atoms with Crippen molar-refractivity contribution in [3.05, 3.63) is 23.2 Å². The molecule has 4 nitrogen and oxygen atoms in total. The Morgan fingerprint density at radius 3 is 2.34 bits per heavy atom. The van der Waals surface area contributed by atoms with E-state index in [0.29, 0.717) is 23.8 Å². The summed E-state index contributed by atoms with van der Waals surface area (Å²) in [7, 11) is 1.83. The third-order valence-corrected chi connectivity index (χ3v) is 12.7. The molecule has 0 aromatic heterocycles. The van der Waals surface area contributed by atoms with Crippen molar-refractivity contribution < 1.29 is 14.3 Å². The Morgan fingerprint density at radius 2 is 1.69 bits per heavy atom. The Labute approximate surface area is 212 Å². The van der Waals surface area contributed by atoms with Crippen LogP contribution in [0.5, 0.6) is 0 Å². The van der Waals surface area contributed by atoms with Gasteiger partial charge in [-0.3, -0.25) is 4.79 Å². The third-order valence-electron chi connectivity index (χ3n) is 12.7. The fraction of sp³-hybridized carbons (Fsp3) is 0.839. The van der Waals surface area contributed by atoms with Crippen LogP contribution in [0.25, 0.3) is 4.85 Å².